The van der Waals surface area contributed by atoms with Crippen LogP contribution in [-0.4, -0.2) is 17.8 Å². The second kappa shape index (κ2) is 4.33. The van der Waals surface area contributed by atoms with Crippen LogP contribution in [0.15, 0.2) is 30.4 Å². The molecular formula is C13H13NO4. The van der Waals surface area contributed by atoms with Crippen LogP contribution in [0.2, 0.25) is 0 Å². The summed E-state index contributed by atoms with van der Waals surface area (Å²) in [6.07, 6.45) is 5.09. The quantitative estimate of drug-likeness (QED) is 0.457. The number of nitrogens with zero attached hydrogens (tertiary/aromatic N) is 1. The molecule has 0 bridgehead atoms. The molecule has 94 valence electrons. The fourth-order valence-corrected chi connectivity index (χ4v) is 2.53. The Morgan fingerprint density at radius 3 is 2.78 bits per heavy atom. The molecule has 0 radical (unpaired) electrons. The molecule has 3 rings (SSSR count). The Labute approximate surface area is 104 Å². The number of hydrogen-bond acceptors (Lipinski definition) is 4. The second-order valence-electron chi connectivity index (χ2n) is 4.51. The predicted octanol–water partition coefficient (Wildman–Crippen LogP) is 2.49. The van der Waals surface area contributed by atoms with Crippen LogP contribution >= 0.6 is 0 Å². The zero-order valence-electron chi connectivity index (χ0n) is 9.74. The first-order valence-electron chi connectivity index (χ1n) is 5.94. The number of hydrogen-bond donors (Lipinski definition) is 0. The van der Waals surface area contributed by atoms with E-state index in [0.29, 0.717) is 24.3 Å². The van der Waals surface area contributed by atoms with Crippen LogP contribution < -0.4 is 9.47 Å². The molecule has 2 aliphatic rings. The van der Waals surface area contributed by atoms with Gasteiger partial charge in [-0.05, 0) is 24.1 Å². The van der Waals surface area contributed by atoms with Crippen molar-refractivity contribution in [2.75, 3.05) is 6.79 Å². The van der Waals surface area contributed by atoms with E-state index in [1.165, 1.54) is 0 Å². The van der Waals surface area contributed by atoms with Crippen molar-refractivity contribution >= 4 is 0 Å². The SMILES string of the molecule is O=[N+]([O-])[C@H]1CC=CC[C@@H]1c1ccc2c(c1)OCO2. The summed E-state index contributed by atoms with van der Waals surface area (Å²) in [4.78, 5) is 10.9. The van der Waals surface area contributed by atoms with E-state index in [1.807, 2.05) is 30.4 Å². The topological polar surface area (TPSA) is 61.6 Å². The van der Waals surface area contributed by atoms with E-state index in [2.05, 4.69) is 0 Å². The fraction of sp³-hybridized carbons (Fsp3) is 0.385. The van der Waals surface area contributed by atoms with Crippen molar-refractivity contribution < 1.29 is 14.4 Å². The molecule has 0 aromatic heterocycles. The van der Waals surface area contributed by atoms with Crippen LogP contribution in [0.4, 0.5) is 0 Å². The van der Waals surface area contributed by atoms with Crippen LogP contribution in [0.5, 0.6) is 11.5 Å². The van der Waals surface area contributed by atoms with Gasteiger partial charge in [-0.1, -0.05) is 18.2 Å². The van der Waals surface area contributed by atoms with Crippen LogP contribution in [0.3, 0.4) is 0 Å². The van der Waals surface area contributed by atoms with Crippen molar-refractivity contribution in [2.24, 2.45) is 0 Å². The van der Waals surface area contributed by atoms with Crippen LogP contribution in [0, 0.1) is 10.1 Å². The molecule has 2 atom stereocenters. The minimum atomic E-state index is -0.546. The average Bonchev–Trinajstić information content (AvgIpc) is 2.85. The van der Waals surface area contributed by atoms with E-state index in [9.17, 15) is 10.1 Å². The third-order valence-corrected chi connectivity index (χ3v) is 3.49. The Morgan fingerprint density at radius 2 is 1.94 bits per heavy atom. The van der Waals surface area contributed by atoms with Gasteiger partial charge in [-0.25, -0.2) is 0 Å². The van der Waals surface area contributed by atoms with Gasteiger partial charge in [-0.3, -0.25) is 10.1 Å². The first-order chi connectivity index (χ1) is 8.75. The third-order valence-electron chi connectivity index (χ3n) is 3.49. The second-order valence-corrected chi connectivity index (χ2v) is 4.51. The molecule has 1 aromatic rings. The van der Waals surface area contributed by atoms with Crippen LogP contribution in [-0.2, 0) is 0 Å². The molecule has 1 aliphatic heterocycles. The maximum atomic E-state index is 11.1. The molecule has 0 spiro atoms. The highest BCUT2D eigenvalue weighted by atomic mass is 16.7. The van der Waals surface area contributed by atoms with Crippen LogP contribution in [0.25, 0.3) is 0 Å². The Kier molecular flexibility index (Phi) is 2.66. The Hall–Kier alpha value is -2.04. The normalized spacial score (nSPS) is 25.1. The molecule has 0 fully saturated rings. The molecule has 0 unspecified atom stereocenters. The fourth-order valence-electron chi connectivity index (χ4n) is 2.53. The molecule has 18 heavy (non-hydrogen) atoms. The van der Waals surface area contributed by atoms with E-state index in [1.54, 1.807) is 0 Å². The molecule has 5 heteroatoms. The zero-order chi connectivity index (χ0) is 12.5. The van der Waals surface area contributed by atoms with Crippen molar-refractivity contribution in [2.45, 2.75) is 24.8 Å². The standard InChI is InChI=1S/C13H13NO4/c15-14(16)11-4-2-1-3-10(11)9-5-6-12-13(7-9)18-8-17-12/h1-2,5-7,10-11H,3-4,8H2/t10-,11+/m1/s1. The maximum Gasteiger partial charge on any atom is 0.231 e. The lowest BCUT2D eigenvalue weighted by molar-refractivity contribution is -0.526. The number of benzene rings is 1. The van der Waals surface area contributed by atoms with Gasteiger partial charge in [-0.15, -0.1) is 0 Å². The van der Waals surface area contributed by atoms with Gasteiger partial charge in [0.05, 0.1) is 5.92 Å². The summed E-state index contributed by atoms with van der Waals surface area (Å²) in [6.45, 7) is 0.224. The zero-order valence-corrected chi connectivity index (χ0v) is 9.74. The molecule has 0 saturated carbocycles. The smallest absolute Gasteiger partial charge is 0.231 e. The number of allylic oxidation sites excluding steroid dienone is 1. The van der Waals surface area contributed by atoms with Gasteiger partial charge in [-0.2, -0.15) is 0 Å². The van der Waals surface area contributed by atoms with Crippen molar-refractivity contribution in [3.8, 4) is 11.5 Å². The van der Waals surface area contributed by atoms with Gasteiger partial charge in [0.2, 0.25) is 12.8 Å². The van der Waals surface area contributed by atoms with E-state index < -0.39 is 6.04 Å². The number of rotatable bonds is 2. The molecule has 0 N–H and O–H groups in total. The molecule has 1 aromatic carbocycles. The summed E-state index contributed by atoms with van der Waals surface area (Å²) in [6, 6.07) is 5.04. The summed E-state index contributed by atoms with van der Waals surface area (Å²) >= 11 is 0. The summed E-state index contributed by atoms with van der Waals surface area (Å²) in [7, 11) is 0. The van der Waals surface area contributed by atoms with E-state index in [4.69, 9.17) is 9.47 Å². The van der Waals surface area contributed by atoms with E-state index >= 15 is 0 Å². The molecule has 0 saturated heterocycles. The summed E-state index contributed by atoms with van der Waals surface area (Å²) < 4.78 is 10.6. The first-order valence-corrected chi connectivity index (χ1v) is 5.94. The predicted molar refractivity (Wildman–Crippen MR) is 64.5 cm³/mol. The number of ether oxygens (including phenoxy) is 2. The molecule has 5 nitrogen and oxygen atoms in total. The highest BCUT2D eigenvalue weighted by Gasteiger charge is 2.33. The van der Waals surface area contributed by atoms with Gasteiger partial charge in [0.15, 0.2) is 11.5 Å². The highest BCUT2D eigenvalue weighted by Crippen LogP contribution is 2.38. The minimum absolute atomic E-state index is 0.0838. The summed E-state index contributed by atoms with van der Waals surface area (Å²) in [5.41, 5.74) is 0.949. The molecular weight excluding hydrogens is 234 g/mol. The molecule has 1 heterocycles. The van der Waals surface area contributed by atoms with Crippen molar-refractivity contribution in [3.05, 3.63) is 46.0 Å². The Morgan fingerprint density at radius 1 is 1.17 bits per heavy atom. The lowest BCUT2D eigenvalue weighted by atomic mass is 9.83. The largest absolute Gasteiger partial charge is 0.454 e. The lowest BCUT2D eigenvalue weighted by Gasteiger charge is -2.22. The monoisotopic (exact) mass is 247 g/mol. The molecule has 1 aliphatic carbocycles. The maximum absolute atomic E-state index is 11.1. The van der Waals surface area contributed by atoms with Crippen molar-refractivity contribution in [1.82, 2.24) is 0 Å². The Balaban J connectivity index is 1.93. The Bertz CT molecular complexity index is 512. The van der Waals surface area contributed by atoms with Gasteiger partial charge in [0.1, 0.15) is 0 Å². The minimum Gasteiger partial charge on any atom is -0.454 e. The van der Waals surface area contributed by atoms with Crippen LogP contribution in [0.1, 0.15) is 24.3 Å². The highest BCUT2D eigenvalue weighted by molar-refractivity contribution is 5.45. The lowest BCUT2D eigenvalue weighted by Crippen LogP contribution is -2.28. The average molecular weight is 247 g/mol. The summed E-state index contributed by atoms with van der Waals surface area (Å²) in [5, 5.41) is 11.1. The van der Waals surface area contributed by atoms with Gasteiger partial charge >= 0.3 is 0 Å². The first kappa shape index (κ1) is 11.1. The van der Waals surface area contributed by atoms with E-state index in [-0.39, 0.29) is 17.6 Å². The number of nitro groups is 1. The third kappa shape index (κ3) is 1.81. The molecule has 0 amide bonds. The summed E-state index contributed by atoms with van der Waals surface area (Å²) in [5.74, 6) is 1.31. The van der Waals surface area contributed by atoms with Gasteiger partial charge < -0.3 is 9.47 Å². The van der Waals surface area contributed by atoms with Gasteiger partial charge in [0.25, 0.3) is 0 Å². The van der Waals surface area contributed by atoms with Gasteiger partial charge in [0, 0.05) is 11.3 Å². The van der Waals surface area contributed by atoms with Crippen molar-refractivity contribution in [3.63, 3.8) is 0 Å². The number of fused-ring (bicyclic) bond motifs is 1. The van der Waals surface area contributed by atoms with E-state index in [0.717, 1.165) is 5.56 Å². The van der Waals surface area contributed by atoms with Crippen molar-refractivity contribution in [1.29, 1.82) is 0 Å².